The fraction of sp³-hybridized carbons (Fsp3) is 0.100. The standard InChI is InChI=1S/C10H9N2O/c1-2-9(13)10-11-7-5-3-4-6-8(7)12-10/h2-5,9,13H,1H2,(H,11,12). The fourth-order valence-electron chi connectivity index (χ4n) is 1.16. The van der Waals surface area contributed by atoms with Gasteiger partial charge in [-0.15, -0.1) is 6.58 Å². The molecule has 2 N–H and O–H groups in total. The molecule has 0 fully saturated rings. The Morgan fingerprint density at radius 3 is 3.23 bits per heavy atom. The summed E-state index contributed by atoms with van der Waals surface area (Å²) >= 11 is 0. The van der Waals surface area contributed by atoms with Crippen molar-refractivity contribution in [2.24, 2.45) is 0 Å². The van der Waals surface area contributed by atoms with Crippen LogP contribution >= 0.6 is 0 Å². The van der Waals surface area contributed by atoms with E-state index in [1.54, 1.807) is 6.07 Å². The monoisotopic (exact) mass is 173 g/mol. The van der Waals surface area contributed by atoms with E-state index in [4.69, 9.17) is 0 Å². The molecule has 2 aromatic rings. The summed E-state index contributed by atoms with van der Waals surface area (Å²) in [6, 6.07) is 8.50. The molecular weight excluding hydrogens is 164 g/mol. The minimum Gasteiger partial charge on any atom is -0.381 e. The highest BCUT2D eigenvalue weighted by atomic mass is 16.3. The lowest BCUT2D eigenvalue weighted by molar-refractivity contribution is 0.220. The van der Waals surface area contributed by atoms with E-state index in [1.807, 2.05) is 12.1 Å². The normalized spacial score (nSPS) is 13.0. The summed E-state index contributed by atoms with van der Waals surface area (Å²) in [6.07, 6.45) is 0.693. The number of H-pyrrole nitrogens is 1. The van der Waals surface area contributed by atoms with Gasteiger partial charge in [0.05, 0.1) is 11.0 Å². The van der Waals surface area contributed by atoms with Crippen molar-refractivity contribution in [1.29, 1.82) is 0 Å². The quantitative estimate of drug-likeness (QED) is 0.677. The van der Waals surface area contributed by atoms with Crippen molar-refractivity contribution in [3.05, 3.63) is 42.7 Å². The van der Waals surface area contributed by atoms with Crippen LogP contribution in [0.5, 0.6) is 0 Å². The van der Waals surface area contributed by atoms with Crippen LogP contribution in [0, 0.1) is 6.07 Å². The first-order valence-electron chi connectivity index (χ1n) is 3.98. The minimum atomic E-state index is -0.735. The van der Waals surface area contributed by atoms with Gasteiger partial charge in [0.15, 0.2) is 0 Å². The predicted octanol–water partition coefficient (Wildman–Crippen LogP) is 1.58. The molecule has 0 saturated heterocycles. The minimum absolute atomic E-state index is 0.507. The highest BCUT2D eigenvalue weighted by Gasteiger charge is 2.07. The molecule has 1 aromatic carbocycles. The number of aliphatic hydroxyl groups is 1. The number of aromatic amines is 1. The van der Waals surface area contributed by atoms with Crippen molar-refractivity contribution < 1.29 is 5.11 Å². The Bertz CT molecular complexity index is 400. The van der Waals surface area contributed by atoms with Crippen molar-refractivity contribution in [2.45, 2.75) is 6.10 Å². The van der Waals surface area contributed by atoms with Crippen LogP contribution in [0.15, 0.2) is 30.9 Å². The fourth-order valence-corrected chi connectivity index (χ4v) is 1.16. The maximum absolute atomic E-state index is 9.40. The number of nitrogens with zero attached hydrogens (tertiary/aromatic N) is 1. The molecule has 1 heterocycles. The Morgan fingerprint density at radius 1 is 1.69 bits per heavy atom. The first kappa shape index (κ1) is 8.01. The third kappa shape index (κ3) is 1.34. The molecule has 0 saturated carbocycles. The summed E-state index contributed by atoms with van der Waals surface area (Å²) in [4.78, 5) is 7.13. The van der Waals surface area contributed by atoms with Crippen molar-refractivity contribution in [2.75, 3.05) is 0 Å². The number of imidazole rings is 1. The largest absolute Gasteiger partial charge is 0.381 e. The molecule has 13 heavy (non-hydrogen) atoms. The second-order valence-corrected chi connectivity index (χ2v) is 2.73. The summed E-state index contributed by atoms with van der Waals surface area (Å²) in [5.74, 6) is 0.507. The Labute approximate surface area is 75.7 Å². The number of fused-ring (bicyclic) bond motifs is 1. The molecule has 2 rings (SSSR count). The highest BCUT2D eigenvalue weighted by molar-refractivity contribution is 5.74. The zero-order chi connectivity index (χ0) is 9.26. The van der Waals surface area contributed by atoms with Crippen LogP contribution in [0.2, 0.25) is 0 Å². The number of hydrogen-bond donors (Lipinski definition) is 2. The summed E-state index contributed by atoms with van der Waals surface area (Å²) in [7, 11) is 0. The molecule has 0 spiro atoms. The molecule has 3 heteroatoms. The summed E-state index contributed by atoms with van der Waals surface area (Å²) in [5, 5.41) is 9.40. The SMILES string of the molecule is C=CC(O)c1nc2[c]cccc2[nH]1. The molecule has 1 radical (unpaired) electrons. The molecule has 0 aliphatic rings. The first-order chi connectivity index (χ1) is 6.31. The first-order valence-corrected chi connectivity index (χ1v) is 3.98. The summed E-state index contributed by atoms with van der Waals surface area (Å²) in [6.45, 7) is 3.49. The highest BCUT2D eigenvalue weighted by Crippen LogP contribution is 2.15. The molecule has 1 aromatic heterocycles. The number of rotatable bonds is 2. The number of benzene rings is 1. The van der Waals surface area contributed by atoms with Crippen molar-refractivity contribution in [1.82, 2.24) is 9.97 Å². The van der Waals surface area contributed by atoms with E-state index in [1.165, 1.54) is 6.08 Å². The summed E-state index contributed by atoms with van der Waals surface area (Å²) < 4.78 is 0. The van der Waals surface area contributed by atoms with Gasteiger partial charge < -0.3 is 10.1 Å². The lowest BCUT2D eigenvalue weighted by Gasteiger charge is -1.97. The van der Waals surface area contributed by atoms with Gasteiger partial charge in [0.2, 0.25) is 0 Å². The zero-order valence-corrected chi connectivity index (χ0v) is 6.99. The van der Waals surface area contributed by atoms with Gasteiger partial charge in [0.1, 0.15) is 11.9 Å². The third-order valence-corrected chi connectivity index (χ3v) is 1.83. The van der Waals surface area contributed by atoms with E-state index < -0.39 is 6.10 Å². The smallest absolute Gasteiger partial charge is 0.140 e. The van der Waals surface area contributed by atoms with E-state index in [2.05, 4.69) is 22.6 Å². The molecular formula is C10H9N2O. The van der Waals surface area contributed by atoms with E-state index in [0.717, 1.165) is 11.0 Å². The average molecular weight is 173 g/mol. The molecule has 3 nitrogen and oxygen atoms in total. The Balaban J connectivity index is 2.55. The second-order valence-electron chi connectivity index (χ2n) is 2.73. The average Bonchev–Trinajstić information content (AvgIpc) is 2.59. The second kappa shape index (κ2) is 3.03. The van der Waals surface area contributed by atoms with Gasteiger partial charge in [-0.1, -0.05) is 18.2 Å². The van der Waals surface area contributed by atoms with Crippen molar-refractivity contribution in [3.63, 3.8) is 0 Å². The lowest BCUT2D eigenvalue weighted by atomic mass is 10.3. The molecule has 1 unspecified atom stereocenters. The number of aromatic nitrogens is 2. The Kier molecular flexibility index (Phi) is 1.87. The molecule has 0 aliphatic heterocycles. The number of para-hydroxylation sites is 1. The van der Waals surface area contributed by atoms with E-state index >= 15 is 0 Å². The van der Waals surface area contributed by atoms with Gasteiger partial charge in [-0.25, -0.2) is 4.98 Å². The van der Waals surface area contributed by atoms with Crippen LogP contribution in [0.25, 0.3) is 11.0 Å². The van der Waals surface area contributed by atoms with Crippen molar-refractivity contribution in [3.8, 4) is 0 Å². The molecule has 0 amide bonds. The van der Waals surface area contributed by atoms with Gasteiger partial charge in [0, 0.05) is 6.07 Å². The van der Waals surface area contributed by atoms with Crippen molar-refractivity contribution >= 4 is 11.0 Å². The van der Waals surface area contributed by atoms with E-state index in [-0.39, 0.29) is 0 Å². The Morgan fingerprint density at radius 2 is 2.54 bits per heavy atom. The number of aliphatic hydroxyl groups excluding tert-OH is 1. The van der Waals surface area contributed by atoms with Crippen LogP contribution in [0.4, 0.5) is 0 Å². The van der Waals surface area contributed by atoms with E-state index in [0.29, 0.717) is 5.82 Å². The number of nitrogens with one attached hydrogen (secondary N) is 1. The van der Waals surface area contributed by atoms with Gasteiger partial charge in [-0.3, -0.25) is 0 Å². The van der Waals surface area contributed by atoms with Crippen LogP contribution in [0.3, 0.4) is 0 Å². The summed E-state index contributed by atoms with van der Waals surface area (Å²) in [5.41, 5.74) is 1.61. The predicted molar refractivity (Wildman–Crippen MR) is 50.1 cm³/mol. The van der Waals surface area contributed by atoms with Gasteiger partial charge in [0.25, 0.3) is 0 Å². The van der Waals surface area contributed by atoms with Crippen LogP contribution in [-0.2, 0) is 0 Å². The molecule has 0 bridgehead atoms. The van der Waals surface area contributed by atoms with Gasteiger partial charge in [-0.05, 0) is 6.07 Å². The molecule has 65 valence electrons. The molecule has 0 aliphatic carbocycles. The third-order valence-electron chi connectivity index (χ3n) is 1.83. The van der Waals surface area contributed by atoms with Crippen LogP contribution in [-0.4, -0.2) is 15.1 Å². The van der Waals surface area contributed by atoms with Gasteiger partial charge >= 0.3 is 0 Å². The lowest BCUT2D eigenvalue weighted by Crippen LogP contribution is -1.94. The maximum atomic E-state index is 9.40. The van der Waals surface area contributed by atoms with E-state index in [9.17, 15) is 5.11 Å². The topological polar surface area (TPSA) is 48.9 Å². The maximum Gasteiger partial charge on any atom is 0.140 e. The molecule has 1 atom stereocenters. The van der Waals surface area contributed by atoms with Crippen LogP contribution < -0.4 is 0 Å². The zero-order valence-electron chi connectivity index (χ0n) is 6.99. The Hall–Kier alpha value is -1.61. The van der Waals surface area contributed by atoms with Crippen LogP contribution in [0.1, 0.15) is 11.9 Å². The van der Waals surface area contributed by atoms with Gasteiger partial charge in [-0.2, -0.15) is 0 Å². The number of hydrogen-bond acceptors (Lipinski definition) is 2.